The lowest BCUT2D eigenvalue weighted by molar-refractivity contribution is -0.122. The molecule has 0 aliphatic heterocycles. The third kappa shape index (κ3) is 5.17. The minimum atomic E-state index is 0.143. The van der Waals surface area contributed by atoms with Crippen molar-refractivity contribution in [1.29, 1.82) is 0 Å². The predicted octanol–water partition coefficient (Wildman–Crippen LogP) is 1.70. The molecule has 0 aromatic carbocycles. The van der Waals surface area contributed by atoms with Gasteiger partial charge in [0.25, 0.3) is 0 Å². The molecule has 1 atom stereocenters. The second kappa shape index (κ2) is 6.83. The molecule has 0 spiro atoms. The van der Waals surface area contributed by atoms with E-state index in [0.717, 1.165) is 0 Å². The zero-order valence-electron chi connectivity index (χ0n) is 9.67. The van der Waals surface area contributed by atoms with Crippen LogP contribution in [0, 0.1) is 11.8 Å². The number of hydrogen-bond donors (Lipinski definition) is 2. The third-order valence-electron chi connectivity index (χ3n) is 3.16. The zero-order valence-corrected chi connectivity index (χ0v) is 9.67. The fraction of sp³-hybridized carbons (Fsp3) is 0.917. The summed E-state index contributed by atoms with van der Waals surface area (Å²) in [5.74, 6) is 0.922. The van der Waals surface area contributed by atoms with E-state index in [1.165, 1.54) is 32.1 Å². The fourth-order valence-electron chi connectivity index (χ4n) is 2.08. The van der Waals surface area contributed by atoms with Gasteiger partial charge in [0.1, 0.15) is 0 Å². The molecule has 0 aromatic rings. The Hall–Kier alpha value is -0.570. The second-order valence-electron chi connectivity index (χ2n) is 4.80. The first kappa shape index (κ1) is 12.5. The number of carbonyl (C=O) groups excluding carboxylic acids is 1. The van der Waals surface area contributed by atoms with Gasteiger partial charge in [0, 0.05) is 19.6 Å². The van der Waals surface area contributed by atoms with Crippen molar-refractivity contribution in [1.82, 2.24) is 5.32 Å². The monoisotopic (exact) mass is 213 g/mol. The van der Waals surface area contributed by atoms with Gasteiger partial charge in [-0.2, -0.15) is 0 Å². The van der Waals surface area contributed by atoms with E-state index in [1.54, 1.807) is 0 Å². The number of carbonyl (C=O) groups is 1. The molecule has 1 unspecified atom stereocenters. The molecule has 2 N–H and O–H groups in total. The van der Waals surface area contributed by atoms with Crippen LogP contribution in [0.25, 0.3) is 0 Å². The van der Waals surface area contributed by atoms with Crippen LogP contribution >= 0.6 is 0 Å². The van der Waals surface area contributed by atoms with E-state index in [-0.39, 0.29) is 18.4 Å². The molecule has 1 aliphatic carbocycles. The summed E-state index contributed by atoms with van der Waals surface area (Å²) in [6, 6.07) is 0. The van der Waals surface area contributed by atoms with Crippen LogP contribution in [0.1, 0.15) is 45.4 Å². The van der Waals surface area contributed by atoms with E-state index >= 15 is 0 Å². The van der Waals surface area contributed by atoms with Crippen molar-refractivity contribution in [2.75, 3.05) is 13.2 Å². The standard InChI is InChI=1S/C12H23NO2/c1-10(9-14)8-13-12(15)7-11-5-3-2-4-6-11/h10-11,14H,2-9H2,1H3,(H,13,15). The molecule has 0 aromatic heterocycles. The Bertz CT molecular complexity index is 188. The summed E-state index contributed by atoms with van der Waals surface area (Å²) in [4.78, 5) is 11.5. The Morgan fingerprint density at radius 2 is 2.07 bits per heavy atom. The van der Waals surface area contributed by atoms with E-state index in [9.17, 15) is 4.79 Å². The maximum absolute atomic E-state index is 11.5. The molecule has 3 heteroatoms. The Balaban J connectivity index is 2.11. The summed E-state index contributed by atoms with van der Waals surface area (Å²) in [7, 11) is 0. The normalized spacial score (nSPS) is 19.9. The molecule has 0 saturated heterocycles. The first-order chi connectivity index (χ1) is 7.22. The summed E-state index contributed by atoms with van der Waals surface area (Å²) in [6.45, 7) is 2.67. The van der Waals surface area contributed by atoms with Gasteiger partial charge in [-0.15, -0.1) is 0 Å². The number of nitrogens with one attached hydrogen (secondary N) is 1. The lowest BCUT2D eigenvalue weighted by Crippen LogP contribution is -2.31. The van der Waals surface area contributed by atoms with Crippen molar-refractivity contribution in [3.63, 3.8) is 0 Å². The smallest absolute Gasteiger partial charge is 0.220 e. The number of rotatable bonds is 5. The van der Waals surface area contributed by atoms with Crippen molar-refractivity contribution in [2.24, 2.45) is 11.8 Å². The minimum Gasteiger partial charge on any atom is -0.396 e. The van der Waals surface area contributed by atoms with E-state index in [0.29, 0.717) is 18.9 Å². The first-order valence-corrected chi connectivity index (χ1v) is 6.10. The van der Waals surface area contributed by atoms with Crippen LogP contribution in [-0.2, 0) is 4.79 Å². The van der Waals surface area contributed by atoms with Gasteiger partial charge in [-0.25, -0.2) is 0 Å². The van der Waals surface area contributed by atoms with Gasteiger partial charge in [-0.3, -0.25) is 4.79 Å². The van der Waals surface area contributed by atoms with Gasteiger partial charge in [-0.05, 0) is 24.7 Å². The highest BCUT2D eigenvalue weighted by molar-refractivity contribution is 5.76. The van der Waals surface area contributed by atoms with Crippen molar-refractivity contribution < 1.29 is 9.90 Å². The van der Waals surface area contributed by atoms with E-state index in [1.807, 2.05) is 6.92 Å². The van der Waals surface area contributed by atoms with E-state index < -0.39 is 0 Å². The van der Waals surface area contributed by atoms with Gasteiger partial charge in [-0.1, -0.05) is 26.2 Å². The first-order valence-electron chi connectivity index (χ1n) is 6.10. The van der Waals surface area contributed by atoms with Crippen LogP contribution in [-0.4, -0.2) is 24.2 Å². The highest BCUT2D eigenvalue weighted by atomic mass is 16.3. The molecule has 0 radical (unpaired) electrons. The largest absolute Gasteiger partial charge is 0.396 e. The summed E-state index contributed by atoms with van der Waals surface area (Å²) < 4.78 is 0. The Morgan fingerprint density at radius 1 is 1.40 bits per heavy atom. The molecule has 0 bridgehead atoms. The molecule has 1 amide bonds. The van der Waals surface area contributed by atoms with Crippen molar-refractivity contribution in [3.8, 4) is 0 Å². The van der Waals surface area contributed by atoms with E-state index in [4.69, 9.17) is 5.11 Å². The van der Waals surface area contributed by atoms with Crippen LogP contribution in [0.2, 0.25) is 0 Å². The minimum absolute atomic E-state index is 0.143. The Kier molecular flexibility index (Phi) is 5.69. The summed E-state index contributed by atoms with van der Waals surface area (Å²) in [6.07, 6.45) is 7.00. The summed E-state index contributed by atoms with van der Waals surface area (Å²) in [5.41, 5.74) is 0. The Labute approximate surface area is 92.3 Å². The molecule has 88 valence electrons. The second-order valence-corrected chi connectivity index (χ2v) is 4.80. The molecule has 15 heavy (non-hydrogen) atoms. The highest BCUT2D eigenvalue weighted by Gasteiger charge is 2.16. The van der Waals surface area contributed by atoms with Gasteiger partial charge in [0.2, 0.25) is 5.91 Å². The molecule has 1 saturated carbocycles. The van der Waals surface area contributed by atoms with Crippen molar-refractivity contribution in [3.05, 3.63) is 0 Å². The number of aliphatic hydroxyl groups is 1. The van der Waals surface area contributed by atoms with Gasteiger partial charge >= 0.3 is 0 Å². The number of aliphatic hydroxyl groups excluding tert-OH is 1. The lowest BCUT2D eigenvalue weighted by atomic mass is 9.87. The Morgan fingerprint density at radius 3 is 2.67 bits per heavy atom. The summed E-state index contributed by atoms with van der Waals surface area (Å²) >= 11 is 0. The average Bonchev–Trinajstić information content (AvgIpc) is 2.27. The topological polar surface area (TPSA) is 49.3 Å². The molecule has 0 heterocycles. The quantitative estimate of drug-likeness (QED) is 0.730. The molecular formula is C12H23NO2. The van der Waals surface area contributed by atoms with Crippen LogP contribution in [0.4, 0.5) is 0 Å². The van der Waals surface area contributed by atoms with Crippen LogP contribution < -0.4 is 5.32 Å². The van der Waals surface area contributed by atoms with Crippen molar-refractivity contribution >= 4 is 5.91 Å². The van der Waals surface area contributed by atoms with Crippen molar-refractivity contribution in [2.45, 2.75) is 45.4 Å². The molecular weight excluding hydrogens is 190 g/mol. The van der Waals surface area contributed by atoms with Gasteiger partial charge in [0.15, 0.2) is 0 Å². The number of hydrogen-bond acceptors (Lipinski definition) is 2. The zero-order chi connectivity index (χ0) is 11.1. The van der Waals surface area contributed by atoms with Crippen LogP contribution in [0.5, 0.6) is 0 Å². The van der Waals surface area contributed by atoms with Crippen LogP contribution in [0.15, 0.2) is 0 Å². The molecule has 1 fully saturated rings. The molecule has 1 rings (SSSR count). The highest BCUT2D eigenvalue weighted by Crippen LogP contribution is 2.25. The average molecular weight is 213 g/mol. The SMILES string of the molecule is CC(CO)CNC(=O)CC1CCCCC1. The molecule has 1 aliphatic rings. The van der Waals surface area contributed by atoms with E-state index in [2.05, 4.69) is 5.32 Å². The van der Waals surface area contributed by atoms with Gasteiger partial charge in [0.05, 0.1) is 0 Å². The number of amides is 1. The summed E-state index contributed by atoms with van der Waals surface area (Å²) in [5, 5.41) is 11.7. The van der Waals surface area contributed by atoms with Crippen LogP contribution in [0.3, 0.4) is 0 Å². The van der Waals surface area contributed by atoms with Gasteiger partial charge < -0.3 is 10.4 Å². The lowest BCUT2D eigenvalue weighted by Gasteiger charge is -2.21. The maximum Gasteiger partial charge on any atom is 0.220 e. The predicted molar refractivity (Wildman–Crippen MR) is 60.5 cm³/mol. The third-order valence-corrected chi connectivity index (χ3v) is 3.16. The fourth-order valence-corrected chi connectivity index (χ4v) is 2.08. The molecule has 3 nitrogen and oxygen atoms in total. The maximum atomic E-state index is 11.5.